The molecule has 1 aliphatic rings. The molecule has 1 amide bonds. The molecule has 0 N–H and O–H groups in total. The van der Waals surface area contributed by atoms with E-state index in [0.717, 1.165) is 5.56 Å². The molecule has 120 valence electrons. The second-order valence-electron chi connectivity index (χ2n) is 5.61. The van der Waals surface area contributed by atoms with E-state index in [2.05, 4.69) is 15.1 Å². The summed E-state index contributed by atoms with van der Waals surface area (Å²) in [7, 11) is 0. The predicted molar refractivity (Wildman–Crippen MR) is 82.6 cm³/mol. The fraction of sp³-hybridized carbons (Fsp3) is 0.176. The van der Waals surface area contributed by atoms with Crippen LogP contribution in [0.15, 0.2) is 53.3 Å². The molecule has 24 heavy (non-hydrogen) atoms. The van der Waals surface area contributed by atoms with Gasteiger partial charge in [-0.15, -0.1) is 0 Å². The molecular formula is C17H13FN4O2. The molecule has 4 rings (SSSR count). The van der Waals surface area contributed by atoms with E-state index in [4.69, 9.17) is 4.52 Å². The third-order valence-corrected chi connectivity index (χ3v) is 3.99. The second-order valence-corrected chi connectivity index (χ2v) is 5.61. The van der Waals surface area contributed by atoms with Crippen LogP contribution in [0.3, 0.4) is 0 Å². The smallest absolute Gasteiger partial charge is 0.253 e. The molecule has 0 unspecified atom stereocenters. The lowest BCUT2D eigenvalue weighted by Gasteiger charge is -2.37. The second kappa shape index (κ2) is 5.84. The third-order valence-electron chi connectivity index (χ3n) is 3.99. The summed E-state index contributed by atoms with van der Waals surface area (Å²) in [5, 5.41) is 3.97. The lowest BCUT2D eigenvalue weighted by molar-refractivity contribution is 0.0569. The number of benzene rings is 1. The Morgan fingerprint density at radius 1 is 1.12 bits per heavy atom. The van der Waals surface area contributed by atoms with E-state index in [0.29, 0.717) is 30.4 Å². The summed E-state index contributed by atoms with van der Waals surface area (Å²) < 4.78 is 18.2. The van der Waals surface area contributed by atoms with Crippen LogP contribution in [0.1, 0.15) is 22.2 Å². The van der Waals surface area contributed by atoms with E-state index in [1.54, 1.807) is 29.4 Å². The zero-order valence-corrected chi connectivity index (χ0v) is 12.6. The van der Waals surface area contributed by atoms with Crippen molar-refractivity contribution in [1.29, 1.82) is 0 Å². The third kappa shape index (κ3) is 2.64. The monoisotopic (exact) mass is 324 g/mol. The highest BCUT2D eigenvalue weighted by molar-refractivity contribution is 5.94. The van der Waals surface area contributed by atoms with Crippen LogP contribution in [0.4, 0.5) is 4.39 Å². The van der Waals surface area contributed by atoms with Crippen molar-refractivity contribution in [1.82, 2.24) is 20.0 Å². The van der Waals surface area contributed by atoms with Crippen molar-refractivity contribution < 1.29 is 13.7 Å². The highest BCUT2D eigenvalue weighted by Gasteiger charge is 2.36. The predicted octanol–water partition coefficient (Wildman–Crippen LogP) is 2.51. The fourth-order valence-corrected chi connectivity index (χ4v) is 2.59. The van der Waals surface area contributed by atoms with E-state index >= 15 is 0 Å². The Bertz CT molecular complexity index is 858. The van der Waals surface area contributed by atoms with Gasteiger partial charge in [0, 0.05) is 36.6 Å². The Balaban J connectivity index is 1.42. The zero-order chi connectivity index (χ0) is 16.5. The summed E-state index contributed by atoms with van der Waals surface area (Å²) in [5.74, 6) is 0.570. The largest absolute Gasteiger partial charge is 0.339 e. The molecule has 0 atom stereocenters. The van der Waals surface area contributed by atoms with Crippen molar-refractivity contribution in [3.8, 4) is 11.4 Å². The fourth-order valence-electron chi connectivity index (χ4n) is 2.59. The molecule has 2 aromatic heterocycles. The maximum absolute atomic E-state index is 12.9. The minimum Gasteiger partial charge on any atom is -0.339 e. The first-order chi connectivity index (χ1) is 11.7. The van der Waals surface area contributed by atoms with Crippen LogP contribution in [-0.2, 0) is 0 Å². The summed E-state index contributed by atoms with van der Waals surface area (Å²) in [6, 6.07) is 9.14. The number of carbonyl (C=O) groups excluding carboxylic acids is 1. The lowest BCUT2D eigenvalue weighted by atomic mass is 9.98. The number of amides is 1. The van der Waals surface area contributed by atoms with Crippen LogP contribution in [0.25, 0.3) is 11.4 Å². The van der Waals surface area contributed by atoms with Gasteiger partial charge >= 0.3 is 0 Å². The molecule has 7 heteroatoms. The van der Waals surface area contributed by atoms with Gasteiger partial charge in [-0.1, -0.05) is 5.16 Å². The molecule has 0 bridgehead atoms. The molecule has 0 saturated carbocycles. The van der Waals surface area contributed by atoms with E-state index < -0.39 is 0 Å². The first kappa shape index (κ1) is 14.5. The van der Waals surface area contributed by atoms with Gasteiger partial charge in [0.1, 0.15) is 5.82 Å². The molecule has 1 fully saturated rings. The summed E-state index contributed by atoms with van der Waals surface area (Å²) in [5.41, 5.74) is 1.30. The van der Waals surface area contributed by atoms with E-state index in [1.807, 2.05) is 0 Å². The molecule has 0 radical (unpaired) electrons. The molecule has 0 spiro atoms. The van der Waals surface area contributed by atoms with Gasteiger partial charge in [0.25, 0.3) is 5.91 Å². The van der Waals surface area contributed by atoms with Gasteiger partial charge in [0.2, 0.25) is 11.7 Å². The number of aromatic nitrogens is 3. The standard InChI is InChI=1S/C17H13FN4O2/c18-14-3-1-12(2-4-14)17(23)22-9-13(10-22)16-20-15(21-24-16)11-5-7-19-8-6-11/h1-8,13H,9-10H2. The Morgan fingerprint density at radius 2 is 1.83 bits per heavy atom. The van der Waals surface area contributed by atoms with Crippen molar-refractivity contribution >= 4 is 5.91 Å². The first-order valence-electron chi connectivity index (χ1n) is 7.49. The molecule has 1 saturated heterocycles. The van der Waals surface area contributed by atoms with Gasteiger partial charge in [-0.3, -0.25) is 9.78 Å². The van der Waals surface area contributed by atoms with Crippen LogP contribution in [0, 0.1) is 5.82 Å². The number of nitrogens with zero attached hydrogens (tertiary/aromatic N) is 4. The number of hydrogen-bond donors (Lipinski definition) is 0. The first-order valence-corrected chi connectivity index (χ1v) is 7.49. The molecule has 0 aliphatic carbocycles. The van der Waals surface area contributed by atoms with Crippen LogP contribution in [0.5, 0.6) is 0 Å². The maximum Gasteiger partial charge on any atom is 0.253 e. The minimum atomic E-state index is -0.359. The topological polar surface area (TPSA) is 72.1 Å². The van der Waals surface area contributed by atoms with Crippen molar-refractivity contribution in [3.63, 3.8) is 0 Å². The quantitative estimate of drug-likeness (QED) is 0.740. The van der Waals surface area contributed by atoms with Gasteiger partial charge in [0.05, 0.1) is 5.92 Å². The maximum atomic E-state index is 12.9. The molecule has 1 aromatic carbocycles. The van der Waals surface area contributed by atoms with Gasteiger partial charge < -0.3 is 9.42 Å². The van der Waals surface area contributed by atoms with Crippen LogP contribution in [0.2, 0.25) is 0 Å². The van der Waals surface area contributed by atoms with Crippen LogP contribution < -0.4 is 0 Å². The summed E-state index contributed by atoms with van der Waals surface area (Å²) in [6.45, 7) is 1.02. The lowest BCUT2D eigenvalue weighted by Crippen LogP contribution is -2.48. The average Bonchev–Trinajstić information content (AvgIpc) is 3.04. The van der Waals surface area contributed by atoms with Gasteiger partial charge in [0.15, 0.2) is 0 Å². The number of pyridine rings is 1. The number of hydrogen-bond acceptors (Lipinski definition) is 5. The number of rotatable bonds is 3. The minimum absolute atomic E-state index is 0.0254. The van der Waals surface area contributed by atoms with E-state index in [9.17, 15) is 9.18 Å². The average molecular weight is 324 g/mol. The summed E-state index contributed by atoms with van der Waals surface area (Å²) in [4.78, 5) is 22.3. The summed E-state index contributed by atoms with van der Waals surface area (Å²) in [6.07, 6.45) is 3.33. The SMILES string of the molecule is O=C(c1ccc(F)cc1)N1CC(c2nc(-c3ccncc3)no2)C1. The Kier molecular flexibility index (Phi) is 3.53. The normalized spacial score (nSPS) is 14.5. The van der Waals surface area contributed by atoms with Gasteiger partial charge in [-0.05, 0) is 36.4 Å². The molecule has 3 heterocycles. The van der Waals surface area contributed by atoms with E-state index in [-0.39, 0.29) is 17.6 Å². The molecule has 6 nitrogen and oxygen atoms in total. The van der Waals surface area contributed by atoms with Crippen molar-refractivity contribution in [3.05, 3.63) is 66.1 Å². The van der Waals surface area contributed by atoms with Gasteiger partial charge in [-0.25, -0.2) is 4.39 Å². The molecular weight excluding hydrogens is 311 g/mol. The molecule has 1 aliphatic heterocycles. The molecule has 3 aromatic rings. The Labute approximate surface area is 136 Å². The number of halogens is 1. The number of carbonyl (C=O) groups is 1. The number of likely N-dealkylation sites (tertiary alicyclic amines) is 1. The van der Waals surface area contributed by atoms with Gasteiger partial charge in [-0.2, -0.15) is 4.98 Å². The van der Waals surface area contributed by atoms with E-state index in [1.165, 1.54) is 24.3 Å². The Morgan fingerprint density at radius 3 is 2.54 bits per heavy atom. The van der Waals surface area contributed by atoms with Crippen LogP contribution >= 0.6 is 0 Å². The zero-order valence-electron chi connectivity index (χ0n) is 12.6. The Hall–Kier alpha value is -3.09. The van der Waals surface area contributed by atoms with Crippen LogP contribution in [-0.4, -0.2) is 39.0 Å². The highest BCUT2D eigenvalue weighted by Crippen LogP contribution is 2.28. The van der Waals surface area contributed by atoms with Crippen molar-refractivity contribution in [2.75, 3.05) is 13.1 Å². The summed E-state index contributed by atoms with van der Waals surface area (Å²) >= 11 is 0. The highest BCUT2D eigenvalue weighted by atomic mass is 19.1. The van der Waals surface area contributed by atoms with Crippen molar-refractivity contribution in [2.24, 2.45) is 0 Å². The van der Waals surface area contributed by atoms with Crippen molar-refractivity contribution in [2.45, 2.75) is 5.92 Å².